The number of sulfonamides is 1. The molecule has 1 fully saturated rings. The zero-order valence-corrected chi connectivity index (χ0v) is 41.5. The molecule has 6 atom stereocenters. The molecule has 0 aromatic heterocycles. The lowest BCUT2D eigenvalue weighted by Crippen LogP contribution is -2.51. The first-order valence-electron chi connectivity index (χ1n) is 23.4. The number of aryl methyl sites for hydroxylation is 1. The van der Waals surface area contributed by atoms with Crippen LogP contribution in [0.2, 0.25) is 5.02 Å². The van der Waals surface area contributed by atoms with Crippen LogP contribution in [0.1, 0.15) is 99.3 Å². The van der Waals surface area contributed by atoms with E-state index >= 15 is 0 Å². The van der Waals surface area contributed by atoms with Crippen molar-refractivity contribution in [3.8, 4) is 17.2 Å². The molecule has 8 rings (SSSR count). The fourth-order valence-corrected chi connectivity index (χ4v) is 12.9. The molecule has 0 saturated heterocycles. The number of anilines is 1. The van der Waals surface area contributed by atoms with Crippen molar-refractivity contribution < 1.29 is 36.9 Å². The number of fused-ring (bicyclic) bond motifs is 3. The Morgan fingerprint density at radius 1 is 0.924 bits per heavy atom. The van der Waals surface area contributed by atoms with E-state index in [1.807, 2.05) is 101 Å². The minimum absolute atomic E-state index is 0.0160. The fraction of sp³-hybridized carbons (Fsp3) is 0.500. The van der Waals surface area contributed by atoms with Gasteiger partial charge in [-0.3, -0.25) is 0 Å². The average Bonchev–Trinajstić information content (AvgIpc) is 3.41. The van der Waals surface area contributed by atoms with Crippen LogP contribution in [0.15, 0.2) is 96.6 Å². The van der Waals surface area contributed by atoms with Crippen molar-refractivity contribution in [2.24, 2.45) is 23.2 Å². The van der Waals surface area contributed by atoms with Crippen molar-refractivity contribution in [1.82, 2.24) is 4.31 Å². The molecule has 10 nitrogen and oxygen atoms in total. The van der Waals surface area contributed by atoms with Gasteiger partial charge in [0.15, 0.2) is 0 Å². The lowest BCUT2D eigenvalue weighted by atomic mass is 9.60. The number of rotatable bonds is 16. The Morgan fingerprint density at radius 3 is 2.15 bits per heavy atom. The van der Waals surface area contributed by atoms with Crippen molar-refractivity contribution in [3.63, 3.8) is 0 Å². The van der Waals surface area contributed by atoms with E-state index in [1.54, 1.807) is 18.5 Å². The lowest BCUT2D eigenvalue weighted by molar-refractivity contribution is -0.00462. The van der Waals surface area contributed by atoms with E-state index in [9.17, 15) is 13.2 Å². The highest BCUT2D eigenvalue weighted by Gasteiger charge is 2.49. The molecule has 0 radical (unpaired) electrons. The Hall–Kier alpha value is -4.55. The molecule has 0 bridgehead atoms. The van der Waals surface area contributed by atoms with Crippen LogP contribution >= 0.6 is 11.6 Å². The number of benzene rings is 4. The van der Waals surface area contributed by atoms with Gasteiger partial charge >= 0.3 is 5.97 Å². The Labute approximate surface area is 397 Å². The Balaban J connectivity index is 1.01. The SMILES string of the molecule is COc1ccc(CN(Cc2ccc(OC)cc2)S(=O)(=O)C[C@@H](C)C2(C)C=C([C@H](OC)[C@@H]3CC[C@H]3CN3C[C@@]4(CCCc5cc(Cl)ccc54)COc4ccc(C(=O)OC(C)(C)C)cc43)C2)cc1. The molecule has 3 aliphatic carbocycles. The topological polar surface area (TPSA) is 104 Å². The number of halogens is 1. The van der Waals surface area contributed by atoms with Crippen molar-refractivity contribution in [2.45, 2.75) is 103 Å². The Morgan fingerprint density at radius 2 is 1.58 bits per heavy atom. The molecule has 354 valence electrons. The van der Waals surface area contributed by atoms with Crippen LogP contribution in [-0.2, 0) is 44.4 Å². The number of carbonyl (C=O) groups is 1. The van der Waals surface area contributed by atoms with Gasteiger partial charge in [0.2, 0.25) is 10.0 Å². The molecule has 0 N–H and O–H groups in total. The molecule has 0 amide bonds. The Kier molecular flexibility index (Phi) is 14.0. The van der Waals surface area contributed by atoms with Gasteiger partial charge in [0, 0.05) is 43.7 Å². The predicted octanol–water partition coefficient (Wildman–Crippen LogP) is 10.8. The van der Waals surface area contributed by atoms with Gasteiger partial charge in [-0.15, -0.1) is 0 Å². The Bertz CT molecular complexity index is 2470. The first kappa shape index (κ1) is 47.9. The smallest absolute Gasteiger partial charge is 0.338 e. The summed E-state index contributed by atoms with van der Waals surface area (Å²) >= 11 is 6.54. The molecule has 1 saturated carbocycles. The lowest BCUT2D eigenvalue weighted by Gasteiger charge is -2.50. The van der Waals surface area contributed by atoms with Crippen LogP contribution in [0.4, 0.5) is 5.69 Å². The van der Waals surface area contributed by atoms with E-state index in [0.29, 0.717) is 18.1 Å². The van der Waals surface area contributed by atoms with Crippen LogP contribution in [0.5, 0.6) is 17.2 Å². The molecule has 4 aromatic rings. The summed E-state index contributed by atoms with van der Waals surface area (Å²) in [6, 6.07) is 27.2. The zero-order chi connectivity index (χ0) is 47.0. The summed E-state index contributed by atoms with van der Waals surface area (Å²) in [5.41, 5.74) is 5.82. The quantitative estimate of drug-likeness (QED) is 0.0802. The molecule has 1 aliphatic heterocycles. The maximum atomic E-state index is 14.5. The summed E-state index contributed by atoms with van der Waals surface area (Å²) in [4.78, 5) is 15.9. The van der Waals surface area contributed by atoms with Gasteiger partial charge < -0.3 is 28.6 Å². The second-order valence-electron chi connectivity index (χ2n) is 20.5. The predicted molar refractivity (Wildman–Crippen MR) is 261 cm³/mol. The van der Waals surface area contributed by atoms with Gasteiger partial charge in [0.1, 0.15) is 22.8 Å². The van der Waals surface area contributed by atoms with Crippen molar-refractivity contribution in [2.75, 3.05) is 51.7 Å². The maximum absolute atomic E-state index is 14.5. The molecule has 12 heteroatoms. The van der Waals surface area contributed by atoms with Gasteiger partial charge in [-0.1, -0.05) is 61.9 Å². The number of methoxy groups -OCH3 is 3. The van der Waals surface area contributed by atoms with Crippen LogP contribution in [0, 0.1) is 23.2 Å². The van der Waals surface area contributed by atoms with Gasteiger partial charge in [0.05, 0.1) is 43.9 Å². The second-order valence-corrected chi connectivity index (χ2v) is 22.9. The summed E-state index contributed by atoms with van der Waals surface area (Å²) in [5.74, 6) is 2.34. The monoisotopic (exact) mass is 938 g/mol. The molecule has 1 heterocycles. The third-order valence-corrected chi connectivity index (χ3v) is 16.9. The van der Waals surface area contributed by atoms with Crippen LogP contribution < -0.4 is 19.1 Å². The van der Waals surface area contributed by atoms with E-state index in [0.717, 1.165) is 90.7 Å². The van der Waals surface area contributed by atoms with Crippen LogP contribution in [0.3, 0.4) is 0 Å². The summed E-state index contributed by atoms with van der Waals surface area (Å²) in [7, 11) is 1.34. The summed E-state index contributed by atoms with van der Waals surface area (Å²) < 4.78 is 60.2. The average molecular weight is 940 g/mol. The summed E-state index contributed by atoms with van der Waals surface area (Å²) in [6.07, 6.45) is 8.09. The minimum atomic E-state index is -3.71. The van der Waals surface area contributed by atoms with Gasteiger partial charge in [-0.2, -0.15) is 4.31 Å². The molecule has 1 spiro atoms. The third kappa shape index (κ3) is 10.3. The van der Waals surface area contributed by atoms with Gasteiger partial charge in [-0.25, -0.2) is 13.2 Å². The highest BCUT2D eigenvalue weighted by atomic mass is 35.5. The van der Waals surface area contributed by atoms with E-state index in [2.05, 4.69) is 37.0 Å². The molecule has 1 unspecified atom stereocenters. The summed E-state index contributed by atoms with van der Waals surface area (Å²) in [5, 5.41) is 0.749. The normalized spacial score (nSPS) is 23.5. The highest BCUT2D eigenvalue weighted by molar-refractivity contribution is 7.89. The van der Waals surface area contributed by atoms with Crippen LogP contribution in [-0.4, -0.2) is 77.2 Å². The van der Waals surface area contributed by atoms with E-state index in [1.165, 1.54) is 16.7 Å². The van der Waals surface area contributed by atoms with E-state index in [-0.39, 0.29) is 53.6 Å². The van der Waals surface area contributed by atoms with Gasteiger partial charge in [-0.05, 0) is 165 Å². The van der Waals surface area contributed by atoms with Crippen molar-refractivity contribution in [3.05, 3.63) is 129 Å². The summed E-state index contributed by atoms with van der Waals surface area (Å²) in [6.45, 7) is 12.5. The molecular weight excluding hydrogens is 872 g/mol. The number of nitrogens with zero attached hydrogens (tertiary/aromatic N) is 2. The van der Waals surface area contributed by atoms with Crippen LogP contribution in [0.25, 0.3) is 0 Å². The first-order valence-corrected chi connectivity index (χ1v) is 25.4. The van der Waals surface area contributed by atoms with E-state index in [4.69, 9.17) is 35.3 Å². The molecule has 66 heavy (non-hydrogen) atoms. The number of allylic oxidation sites excluding steroid dienone is 1. The zero-order valence-electron chi connectivity index (χ0n) is 39.9. The number of esters is 1. The number of ether oxygens (including phenoxy) is 5. The molecule has 4 aliphatic rings. The van der Waals surface area contributed by atoms with Gasteiger partial charge in [0.25, 0.3) is 0 Å². The molecule has 4 aromatic carbocycles. The molecular formula is C54H67ClN2O8S. The second kappa shape index (κ2) is 19.2. The number of hydrogen-bond acceptors (Lipinski definition) is 9. The highest BCUT2D eigenvalue weighted by Crippen LogP contribution is 2.52. The number of hydrogen-bond donors (Lipinski definition) is 0. The minimum Gasteiger partial charge on any atom is -0.497 e. The number of carbonyl (C=O) groups excluding carboxylic acids is 1. The van der Waals surface area contributed by atoms with Crippen molar-refractivity contribution >= 4 is 33.3 Å². The van der Waals surface area contributed by atoms with Crippen molar-refractivity contribution in [1.29, 1.82) is 0 Å². The largest absolute Gasteiger partial charge is 0.497 e. The fourth-order valence-electron chi connectivity index (χ4n) is 10.7. The maximum Gasteiger partial charge on any atom is 0.338 e. The standard InChI is InChI=1S/C54H67ClN2O8S/c1-36(33-66(59,60)57(30-37-11-18-44(61-6)19-12-37)31-38-13-20-45(62-7)21-14-38)53(5)28-42(29-53)50(63-8)46-22-15-41(46)32-56-34-54(25-9-10-39-26-43(55)17-23-47(39)54)35-64-49-24-16-40(27-48(49)56)51(58)65-52(2,3)4/h11-14,16-21,23-24,26-28,36,41,46,50H,9-10,15,22,25,29-35H2,1-8H3/t36-,41+,46-,50+,53?,54+/m1/s1. The van der Waals surface area contributed by atoms with E-state index < -0.39 is 15.6 Å². The first-order chi connectivity index (χ1) is 31.4. The third-order valence-electron chi connectivity index (χ3n) is 14.7.